The summed E-state index contributed by atoms with van der Waals surface area (Å²) in [5.41, 5.74) is 0.167. The number of nitrogens with zero attached hydrogens (tertiary/aromatic N) is 2. The van der Waals surface area contributed by atoms with Crippen molar-refractivity contribution in [2.24, 2.45) is 5.10 Å². The summed E-state index contributed by atoms with van der Waals surface area (Å²) in [5.74, 6) is -3.30. The zero-order chi connectivity index (χ0) is 19.4. The first kappa shape index (κ1) is 20.9. The first-order valence-corrected chi connectivity index (χ1v) is 7.32. The Balaban J connectivity index is 2.98. The van der Waals surface area contributed by atoms with Gasteiger partial charge in [0, 0.05) is 5.71 Å². The molecule has 1 aromatic heterocycles. The molecule has 0 saturated heterocycles. The van der Waals surface area contributed by atoms with Gasteiger partial charge >= 0.3 is 18.3 Å². The number of Topliss-reactive ketones (excluding diaryl/α,β-unsaturated/α-hetero) is 1. The van der Waals surface area contributed by atoms with Crippen LogP contribution in [0.1, 0.15) is 35.6 Å². The van der Waals surface area contributed by atoms with E-state index in [-0.39, 0.29) is 23.7 Å². The van der Waals surface area contributed by atoms with E-state index in [2.05, 4.69) is 14.8 Å². The number of hydrogen-bond donors (Lipinski definition) is 1. The van der Waals surface area contributed by atoms with Crippen molar-refractivity contribution in [1.82, 2.24) is 4.98 Å². The molecule has 0 unspecified atom stereocenters. The molecule has 1 heterocycles. The molecule has 25 heavy (non-hydrogen) atoms. The molecule has 0 fully saturated rings. The second kappa shape index (κ2) is 7.80. The Hall–Kier alpha value is -2.18. The van der Waals surface area contributed by atoms with Gasteiger partial charge in [0.2, 0.25) is 10.9 Å². The Bertz CT molecular complexity index is 681. The van der Waals surface area contributed by atoms with Gasteiger partial charge in [-0.05, 0) is 13.8 Å². The van der Waals surface area contributed by atoms with Crippen molar-refractivity contribution in [2.75, 3.05) is 12.0 Å². The van der Waals surface area contributed by atoms with Crippen LogP contribution in [-0.4, -0.2) is 35.2 Å². The van der Waals surface area contributed by atoms with Crippen molar-refractivity contribution in [1.29, 1.82) is 0 Å². The summed E-state index contributed by atoms with van der Waals surface area (Å²) in [6.45, 7) is 2.31. The molecule has 0 bridgehead atoms. The normalized spacial score (nSPS) is 12.9. The molecule has 0 radical (unpaired) electrons. The Morgan fingerprint density at radius 1 is 1.24 bits per heavy atom. The van der Waals surface area contributed by atoms with Gasteiger partial charge in [-0.15, -0.1) is 0 Å². The summed E-state index contributed by atoms with van der Waals surface area (Å²) in [4.78, 5) is 24.6. The van der Waals surface area contributed by atoms with Gasteiger partial charge in [-0.25, -0.2) is 9.78 Å². The molecule has 13 heteroatoms. The van der Waals surface area contributed by atoms with Crippen molar-refractivity contribution >= 4 is 33.9 Å². The quantitative estimate of drug-likeness (QED) is 0.347. The standard InChI is InChI=1S/C12H11F6N3O3S/c1-3-24-9(23)7-8(12(16,17)18)19-10(25-7)21-20-5(2)4-6(22)11(13,14)15/h3-4H2,1-2H3,(H,19,21). The van der Waals surface area contributed by atoms with Crippen LogP contribution >= 0.6 is 11.3 Å². The number of halogens is 6. The Labute approximate surface area is 140 Å². The largest absolute Gasteiger partial charge is 0.462 e. The predicted molar refractivity (Wildman–Crippen MR) is 75.5 cm³/mol. The molecule has 0 aliphatic heterocycles. The fourth-order valence-corrected chi connectivity index (χ4v) is 2.23. The summed E-state index contributed by atoms with van der Waals surface area (Å²) < 4.78 is 79.4. The third-order valence-electron chi connectivity index (χ3n) is 2.43. The van der Waals surface area contributed by atoms with Crippen molar-refractivity contribution in [2.45, 2.75) is 32.6 Å². The van der Waals surface area contributed by atoms with E-state index < -0.39 is 46.2 Å². The van der Waals surface area contributed by atoms with Gasteiger partial charge in [0.05, 0.1) is 13.0 Å². The molecule has 6 nitrogen and oxygen atoms in total. The van der Waals surface area contributed by atoms with Crippen LogP contribution in [-0.2, 0) is 15.7 Å². The Kier molecular flexibility index (Phi) is 6.51. The number of hydrogen-bond acceptors (Lipinski definition) is 7. The fraction of sp³-hybridized carbons (Fsp3) is 0.500. The average Bonchev–Trinajstić information content (AvgIpc) is 2.89. The van der Waals surface area contributed by atoms with Crippen LogP contribution in [0.15, 0.2) is 5.10 Å². The van der Waals surface area contributed by atoms with Gasteiger partial charge in [-0.1, -0.05) is 11.3 Å². The van der Waals surface area contributed by atoms with E-state index in [1.165, 1.54) is 6.92 Å². The fourth-order valence-electron chi connectivity index (χ4n) is 1.41. The summed E-state index contributed by atoms with van der Waals surface area (Å²) >= 11 is 0.270. The monoisotopic (exact) mass is 391 g/mol. The van der Waals surface area contributed by atoms with E-state index in [9.17, 15) is 35.9 Å². The molecule has 1 aromatic rings. The number of nitrogens with one attached hydrogen (secondary N) is 1. The van der Waals surface area contributed by atoms with Crippen LogP contribution in [0.5, 0.6) is 0 Å². The molecule has 0 saturated carbocycles. The number of ether oxygens (including phenoxy) is 1. The minimum absolute atomic E-state index is 0.159. The molecule has 140 valence electrons. The molecule has 0 amide bonds. The highest BCUT2D eigenvalue weighted by Crippen LogP contribution is 2.36. The number of esters is 1. The van der Waals surface area contributed by atoms with Crippen molar-refractivity contribution in [3.63, 3.8) is 0 Å². The Morgan fingerprint density at radius 3 is 2.32 bits per heavy atom. The van der Waals surface area contributed by atoms with Gasteiger partial charge in [-0.2, -0.15) is 31.4 Å². The van der Waals surface area contributed by atoms with E-state index in [4.69, 9.17) is 0 Å². The van der Waals surface area contributed by atoms with Crippen molar-refractivity contribution in [3.8, 4) is 0 Å². The predicted octanol–water partition coefficient (Wildman–Crippen LogP) is 3.65. The van der Waals surface area contributed by atoms with Gasteiger partial charge in [0.1, 0.15) is 4.88 Å². The van der Waals surface area contributed by atoms with Crippen LogP contribution in [0, 0.1) is 0 Å². The third kappa shape index (κ3) is 5.99. The van der Waals surface area contributed by atoms with Crippen LogP contribution in [0.25, 0.3) is 0 Å². The molecule has 0 atom stereocenters. The number of rotatable bonds is 6. The highest BCUT2D eigenvalue weighted by atomic mass is 32.1. The second-order valence-corrected chi connectivity index (χ2v) is 5.47. The topological polar surface area (TPSA) is 80.6 Å². The maximum atomic E-state index is 12.9. The number of anilines is 1. The number of alkyl halides is 6. The van der Waals surface area contributed by atoms with E-state index in [1.54, 1.807) is 0 Å². The van der Waals surface area contributed by atoms with Gasteiger partial charge in [-0.3, -0.25) is 10.2 Å². The minimum atomic E-state index is -5.04. The molecule has 0 aliphatic rings. The van der Waals surface area contributed by atoms with Crippen LogP contribution < -0.4 is 5.43 Å². The first-order chi connectivity index (χ1) is 11.4. The summed E-state index contributed by atoms with van der Waals surface area (Å²) in [6.07, 6.45) is -11.1. The SMILES string of the molecule is CCOC(=O)c1sc(NN=C(C)CC(=O)C(F)(F)F)nc1C(F)(F)F. The summed E-state index contributed by atoms with van der Waals surface area (Å²) in [5, 5.41) is 2.87. The smallest absolute Gasteiger partial charge is 0.450 e. The second-order valence-electron chi connectivity index (χ2n) is 4.47. The number of aromatic nitrogens is 1. The number of thiazole rings is 1. The van der Waals surface area contributed by atoms with Gasteiger partial charge in [0.25, 0.3) is 0 Å². The lowest BCUT2D eigenvalue weighted by Crippen LogP contribution is -2.24. The zero-order valence-electron chi connectivity index (χ0n) is 12.7. The van der Waals surface area contributed by atoms with E-state index in [0.717, 1.165) is 6.92 Å². The van der Waals surface area contributed by atoms with Crippen LogP contribution in [0.4, 0.5) is 31.5 Å². The van der Waals surface area contributed by atoms with E-state index in [1.807, 2.05) is 5.43 Å². The molecular weight excluding hydrogens is 380 g/mol. The van der Waals surface area contributed by atoms with Gasteiger partial charge < -0.3 is 4.74 Å². The summed E-state index contributed by atoms with van der Waals surface area (Å²) in [7, 11) is 0. The van der Waals surface area contributed by atoms with E-state index >= 15 is 0 Å². The molecule has 0 spiro atoms. The number of carbonyl (C=O) groups is 2. The first-order valence-electron chi connectivity index (χ1n) is 6.50. The lowest BCUT2D eigenvalue weighted by Gasteiger charge is -2.05. The maximum absolute atomic E-state index is 12.9. The maximum Gasteiger partial charge on any atom is 0.450 e. The number of hydrazone groups is 1. The number of ketones is 1. The van der Waals surface area contributed by atoms with Gasteiger partial charge in [0.15, 0.2) is 5.69 Å². The zero-order valence-corrected chi connectivity index (χ0v) is 13.5. The average molecular weight is 391 g/mol. The molecule has 0 aliphatic carbocycles. The molecule has 1 rings (SSSR count). The molecule has 0 aromatic carbocycles. The number of carbonyl (C=O) groups excluding carboxylic acids is 2. The lowest BCUT2D eigenvalue weighted by molar-refractivity contribution is -0.169. The highest BCUT2D eigenvalue weighted by molar-refractivity contribution is 7.17. The van der Waals surface area contributed by atoms with Crippen LogP contribution in [0.3, 0.4) is 0 Å². The molecule has 1 N–H and O–H groups in total. The third-order valence-corrected chi connectivity index (χ3v) is 3.37. The lowest BCUT2D eigenvalue weighted by atomic mass is 10.2. The highest BCUT2D eigenvalue weighted by Gasteiger charge is 2.40. The van der Waals surface area contributed by atoms with E-state index in [0.29, 0.717) is 0 Å². The summed E-state index contributed by atoms with van der Waals surface area (Å²) in [6, 6.07) is 0. The minimum Gasteiger partial charge on any atom is -0.462 e. The Morgan fingerprint density at radius 2 is 1.84 bits per heavy atom. The van der Waals surface area contributed by atoms with Crippen molar-refractivity contribution in [3.05, 3.63) is 10.6 Å². The van der Waals surface area contributed by atoms with Crippen LogP contribution in [0.2, 0.25) is 0 Å². The molecular formula is C12H11F6N3O3S. The van der Waals surface area contributed by atoms with Crippen molar-refractivity contribution < 1.29 is 40.7 Å².